The summed E-state index contributed by atoms with van der Waals surface area (Å²) in [6.45, 7) is 0.738. The smallest absolute Gasteiger partial charge is 0.103 e. The summed E-state index contributed by atoms with van der Waals surface area (Å²) in [7, 11) is 0. The van der Waals surface area contributed by atoms with Crippen molar-refractivity contribution in [2.24, 2.45) is 5.73 Å². The zero-order valence-corrected chi connectivity index (χ0v) is 9.44. The van der Waals surface area contributed by atoms with Crippen molar-refractivity contribution in [1.29, 1.82) is 0 Å². The quantitative estimate of drug-likeness (QED) is 0.818. The second-order valence-electron chi connectivity index (χ2n) is 4.43. The van der Waals surface area contributed by atoms with Gasteiger partial charge in [0.2, 0.25) is 0 Å². The number of hydrogen-bond acceptors (Lipinski definition) is 3. The highest BCUT2D eigenvalue weighted by atomic mass is 32.1. The minimum absolute atomic E-state index is 0.180. The van der Waals surface area contributed by atoms with Gasteiger partial charge in [-0.3, -0.25) is 5.10 Å². The van der Waals surface area contributed by atoms with Gasteiger partial charge < -0.3 is 5.73 Å². The van der Waals surface area contributed by atoms with Crippen molar-refractivity contribution >= 4 is 21.6 Å². The molecule has 0 aromatic carbocycles. The molecular formula is C11H15N3S. The molecule has 1 saturated carbocycles. The van der Waals surface area contributed by atoms with E-state index in [1.807, 2.05) is 0 Å². The van der Waals surface area contributed by atoms with Gasteiger partial charge in [-0.25, -0.2) is 0 Å². The maximum Gasteiger partial charge on any atom is 0.103 e. The van der Waals surface area contributed by atoms with Crippen LogP contribution in [0.2, 0.25) is 0 Å². The van der Waals surface area contributed by atoms with Gasteiger partial charge in [-0.1, -0.05) is 12.8 Å². The topological polar surface area (TPSA) is 54.7 Å². The van der Waals surface area contributed by atoms with Crippen LogP contribution >= 0.6 is 11.3 Å². The SMILES string of the molecule is NCC1(c2[nH]nc3ccsc23)CCCC1. The molecule has 2 heterocycles. The molecular weight excluding hydrogens is 206 g/mol. The first-order valence-corrected chi connectivity index (χ1v) is 6.36. The molecule has 3 nitrogen and oxygen atoms in total. The summed E-state index contributed by atoms with van der Waals surface area (Å²) >= 11 is 1.77. The molecule has 0 amide bonds. The Morgan fingerprint density at radius 1 is 1.47 bits per heavy atom. The van der Waals surface area contributed by atoms with Crippen LogP contribution in [0.4, 0.5) is 0 Å². The average molecular weight is 221 g/mol. The van der Waals surface area contributed by atoms with E-state index in [0.29, 0.717) is 0 Å². The molecule has 3 N–H and O–H groups in total. The molecule has 80 valence electrons. The maximum absolute atomic E-state index is 5.98. The van der Waals surface area contributed by atoms with Crippen LogP contribution in [0.25, 0.3) is 10.2 Å². The average Bonchev–Trinajstić information content (AvgIpc) is 2.93. The number of aromatic amines is 1. The zero-order valence-electron chi connectivity index (χ0n) is 8.62. The highest BCUT2D eigenvalue weighted by Crippen LogP contribution is 2.42. The summed E-state index contributed by atoms with van der Waals surface area (Å²) in [4.78, 5) is 0. The predicted molar refractivity (Wildman–Crippen MR) is 63.2 cm³/mol. The van der Waals surface area contributed by atoms with Crippen molar-refractivity contribution in [3.05, 3.63) is 17.1 Å². The number of rotatable bonds is 2. The van der Waals surface area contributed by atoms with Crippen molar-refractivity contribution in [1.82, 2.24) is 10.2 Å². The van der Waals surface area contributed by atoms with E-state index >= 15 is 0 Å². The molecule has 2 aromatic heterocycles. The number of aromatic nitrogens is 2. The lowest BCUT2D eigenvalue weighted by atomic mass is 9.83. The normalized spacial score (nSPS) is 20.1. The Morgan fingerprint density at radius 3 is 3.00 bits per heavy atom. The van der Waals surface area contributed by atoms with E-state index in [4.69, 9.17) is 5.73 Å². The Bertz CT molecular complexity index is 465. The number of thiophene rings is 1. The molecule has 0 spiro atoms. The Hall–Kier alpha value is -0.870. The van der Waals surface area contributed by atoms with E-state index in [1.165, 1.54) is 36.1 Å². The van der Waals surface area contributed by atoms with Crippen molar-refractivity contribution in [3.63, 3.8) is 0 Å². The lowest BCUT2D eigenvalue weighted by Crippen LogP contribution is -2.32. The van der Waals surface area contributed by atoms with E-state index in [-0.39, 0.29) is 5.41 Å². The summed E-state index contributed by atoms with van der Waals surface area (Å²) < 4.78 is 1.31. The van der Waals surface area contributed by atoms with Gasteiger partial charge in [0, 0.05) is 12.0 Å². The van der Waals surface area contributed by atoms with Crippen LogP contribution in [0.3, 0.4) is 0 Å². The van der Waals surface area contributed by atoms with Crippen LogP contribution in [0, 0.1) is 0 Å². The van der Waals surface area contributed by atoms with Crippen molar-refractivity contribution < 1.29 is 0 Å². The minimum atomic E-state index is 0.180. The fraction of sp³-hybridized carbons (Fsp3) is 0.545. The number of nitrogens with zero attached hydrogens (tertiary/aromatic N) is 1. The fourth-order valence-electron chi connectivity index (χ4n) is 2.71. The Kier molecular flexibility index (Phi) is 2.07. The molecule has 1 fully saturated rings. The maximum atomic E-state index is 5.98. The van der Waals surface area contributed by atoms with Gasteiger partial charge in [-0.2, -0.15) is 5.10 Å². The van der Waals surface area contributed by atoms with E-state index in [2.05, 4.69) is 21.6 Å². The number of nitrogens with two attached hydrogens (primary N) is 1. The third kappa shape index (κ3) is 1.25. The third-order valence-electron chi connectivity index (χ3n) is 3.64. The number of hydrogen-bond donors (Lipinski definition) is 2. The Labute approximate surface area is 92.7 Å². The molecule has 0 aliphatic heterocycles. The summed E-state index contributed by atoms with van der Waals surface area (Å²) in [5, 5.41) is 9.66. The van der Waals surface area contributed by atoms with Crippen LogP contribution in [0.1, 0.15) is 31.4 Å². The van der Waals surface area contributed by atoms with Crippen LogP contribution in [-0.4, -0.2) is 16.7 Å². The molecule has 15 heavy (non-hydrogen) atoms. The van der Waals surface area contributed by atoms with Gasteiger partial charge in [-0.15, -0.1) is 11.3 Å². The van der Waals surface area contributed by atoms with Crippen LogP contribution in [0.15, 0.2) is 11.4 Å². The first-order valence-electron chi connectivity index (χ1n) is 5.48. The summed E-state index contributed by atoms with van der Waals surface area (Å²) in [6.07, 6.45) is 5.00. The summed E-state index contributed by atoms with van der Waals surface area (Å²) in [5.41, 5.74) is 8.53. The standard InChI is InChI=1S/C11H15N3S/c12-7-11(4-1-2-5-11)10-9-8(13-14-10)3-6-15-9/h3,6H,1-2,4-5,7,12H2,(H,13,14). The van der Waals surface area contributed by atoms with Gasteiger partial charge in [0.15, 0.2) is 0 Å². The van der Waals surface area contributed by atoms with Gasteiger partial charge >= 0.3 is 0 Å². The Balaban J connectivity index is 2.15. The molecule has 1 aliphatic carbocycles. The number of H-pyrrole nitrogens is 1. The predicted octanol–water partition coefficient (Wildman–Crippen LogP) is 2.39. The molecule has 0 saturated heterocycles. The van der Waals surface area contributed by atoms with Crippen molar-refractivity contribution in [2.75, 3.05) is 6.54 Å². The monoisotopic (exact) mass is 221 g/mol. The largest absolute Gasteiger partial charge is 0.330 e. The summed E-state index contributed by atoms with van der Waals surface area (Å²) in [5.74, 6) is 0. The highest BCUT2D eigenvalue weighted by Gasteiger charge is 2.37. The Morgan fingerprint density at radius 2 is 2.27 bits per heavy atom. The molecule has 1 aliphatic rings. The zero-order chi connectivity index (χ0) is 10.3. The molecule has 0 radical (unpaired) electrons. The molecule has 2 aromatic rings. The van der Waals surface area contributed by atoms with Crippen molar-refractivity contribution in [3.8, 4) is 0 Å². The van der Waals surface area contributed by atoms with E-state index in [9.17, 15) is 0 Å². The van der Waals surface area contributed by atoms with Gasteiger partial charge in [0.25, 0.3) is 0 Å². The molecule has 3 rings (SSSR count). The van der Waals surface area contributed by atoms with Crippen molar-refractivity contribution in [2.45, 2.75) is 31.1 Å². The second kappa shape index (κ2) is 3.32. The number of fused-ring (bicyclic) bond motifs is 1. The summed E-state index contributed by atoms with van der Waals surface area (Å²) in [6, 6.07) is 2.07. The molecule has 4 heteroatoms. The van der Waals surface area contributed by atoms with E-state index in [0.717, 1.165) is 12.1 Å². The third-order valence-corrected chi connectivity index (χ3v) is 4.56. The lowest BCUT2D eigenvalue weighted by Gasteiger charge is -2.25. The molecule has 0 atom stereocenters. The van der Waals surface area contributed by atoms with Gasteiger partial charge in [-0.05, 0) is 24.3 Å². The molecule has 0 unspecified atom stereocenters. The first-order chi connectivity index (χ1) is 7.36. The van der Waals surface area contributed by atoms with Gasteiger partial charge in [0.05, 0.1) is 10.4 Å². The van der Waals surface area contributed by atoms with Crippen LogP contribution < -0.4 is 5.73 Å². The number of nitrogens with one attached hydrogen (secondary N) is 1. The second-order valence-corrected chi connectivity index (χ2v) is 5.34. The lowest BCUT2D eigenvalue weighted by molar-refractivity contribution is 0.442. The fourth-order valence-corrected chi connectivity index (χ4v) is 3.66. The van der Waals surface area contributed by atoms with Crippen LogP contribution in [0.5, 0.6) is 0 Å². The van der Waals surface area contributed by atoms with Gasteiger partial charge in [0.1, 0.15) is 5.52 Å². The highest BCUT2D eigenvalue weighted by molar-refractivity contribution is 7.17. The molecule has 0 bridgehead atoms. The first kappa shape index (κ1) is 9.36. The van der Waals surface area contributed by atoms with E-state index < -0.39 is 0 Å². The van der Waals surface area contributed by atoms with Crippen LogP contribution in [-0.2, 0) is 5.41 Å². The van der Waals surface area contributed by atoms with E-state index in [1.54, 1.807) is 11.3 Å². The minimum Gasteiger partial charge on any atom is -0.330 e.